The number of oxazole rings is 1. The van der Waals surface area contributed by atoms with Gasteiger partial charge in [0.2, 0.25) is 5.89 Å². The fourth-order valence-corrected chi connectivity index (χ4v) is 1.35. The lowest BCUT2D eigenvalue weighted by Crippen LogP contribution is -1.84. The largest absolute Gasteiger partial charge is 0.439 e. The average molecular weight is 198 g/mol. The highest BCUT2D eigenvalue weighted by Crippen LogP contribution is 2.20. The molecule has 0 radical (unpaired) electrons. The molecule has 0 aliphatic rings. The van der Waals surface area contributed by atoms with E-state index < -0.39 is 0 Å². The van der Waals surface area contributed by atoms with E-state index in [4.69, 9.17) is 21.1 Å². The number of aliphatic hydroxyl groups is 1. The average Bonchev–Trinajstić information content (AvgIpc) is 2.59. The van der Waals surface area contributed by atoms with Crippen LogP contribution in [0.3, 0.4) is 0 Å². The number of rotatable bonds is 2. The summed E-state index contributed by atoms with van der Waals surface area (Å²) in [7, 11) is 0. The predicted molar refractivity (Wildman–Crippen MR) is 49.5 cm³/mol. The van der Waals surface area contributed by atoms with Gasteiger partial charge in [0.05, 0.1) is 12.5 Å². The minimum atomic E-state index is -0.0361. The molecule has 0 aliphatic carbocycles. The van der Waals surface area contributed by atoms with Crippen LogP contribution >= 0.6 is 11.6 Å². The molecule has 1 heterocycles. The van der Waals surface area contributed by atoms with Gasteiger partial charge in [-0.05, 0) is 6.07 Å². The molecule has 0 aliphatic heterocycles. The number of alkyl halides is 1. The van der Waals surface area contributed by atoms with E-state index in [1.54, 1.807) is 6.07 Å². The number of halogens is 1. The molecule has 0 bridgehead atoms. The molecule has 0 unspecified atom stereocenters. The Hall–Kier alpha value is -1.06. The molecule has 0 fully saturated rings. The number of nitrogens with zero attached hydrogens (tertiary/aromatic N) is 1. The number of hydrogen-bond acceptors (Lipinski definition) is 3. The van der Waals surface area contributed by atoms with Crippen molar-refractivity contribution < 1.29 is 9.52 Å². The van der Waals surface area contributed by atoms with E-state index in [-0.39, 0.29) is 12.5 Å². The van der Waals surface area contributed by atoms with Crippen LogP contribution in [0.25, 0.3) is 11.1 Å². The Bertz CT molecular complexity index is 424. The van der Waals surface area contributed by atoms with Gasteiger partial charge in [0.1, 0.15) is 5.52 Å². The molecular weight excluding hydrogens is 190 g/mol. The lowest BCUT2D eigenvalue weighted by molar-refractivity contribution is 0.283. The van der Waals surface area contributed by atoms with Gasteiger partial charge in [-0.15, -0.1) is 11.6 Å². The second kappa shape index (κ2) is 3.36. The fourth-order valence-electron chi connectivity index (χ4n) is 1.24. The van der Waals surface area contributed by atoms with Crippen LogP contribution in [0, 0.1) is 0 Å². The van der Waals surface area contributed by atoms with Gasteiger partial charge in [-0.3, -0.25) is 0 Å². The third kappa shape index (κ3) is 1.41. The molecule has 1 aromatic carbocycles. The second-order valence-electron chi connectivity index (χ2n) is 2.66. The molecule has 13 heavy (non-hydrogen) atoms. The van der Waals surface area contributed by atoms with Crippen LogP contribution in [-0.4, -0.2) is 10.1 Å². The van der Waals surface area contributed by atoms with Gasteiger partial charge in [0, 0.05) is 5.56 Å². The van der Waals surface area contributed by atoms with Crippen LogP contribution in [0.2, 0.25) is 0 Å². The molecule has 1 aromatic heterocycles. The molecule has 0 atom stereocenters. The maximum absolute atomic E-state index is 9.00. The summed E-state index contributed by atoms with van der Waals surface area (Å²) < 4.78 is 5.31. The van der Waals surface area contributed by atoms with Crippen molar-refractivity contribution in [2.45, 2.75) is 12.5 Å². The summed E-state index contributed by atoms with van der Waals surface area (Å²) >= 11 is 5.58. The zero-order valence-corrected chi connectivity index (χ0v) is 7.58. The van der Waals surface area contributed by atoms with Crippen molar-refractivity contribution in [2.24, 2.45) is 0 Å². The molecule has 0 amide bonds. The normalized spacial score (nSPS) is 10.9. The van der Waals surface area contributed by atoms with Crippen molar-refractivity contribution in [2.75, 3.05) is 0 Å². The SMILES string of the molecule is OCc1cccc2oc(CCl)nc12. The van der Waals surface area contributed by atoms with E-state index in [0.717, 1.165) is 5.56 Å². The molecule has 0 saturated carbocycles. The van der Waals surface area contributed by atoms with Gasteiger partial charge >= 0.3 is 0 Å². The summed E-state index contributed by atoms with van der Waals surface area (Å²) in [5, 5.41) is 9.00. The number of aliphatic hydroxyl groups excluding tert-OH is 1. The molecule has 4 heteroatoms. The lowest BCUT2D eigenvalue weighted by Gasteiger charge is -1.93. The van der Waals surface area contributed by atoms with Crippen molar-refractivity contribution in [1.29, 1.82) is 0 Å². The van der Waals surface area contributed by atoms with E-state index >= 15 is 0 Å². The highest BCUT2D eigenvalue weighted by molar-refractivity contribution is 6.16. The van der Waals surface area contributed by atoms with E-state index in [1.807, 2.05) is 12.1 Å². The minimum Gasteiger partial charge on any atom is -0.439 e. The molecule has 3 nitrogen and oxygen atoms in total. The van der Waals surface area contributed by atoms with Crippen LogP contribution in [0.15, 0.2) is 22.6 Å². The quantitative estimate of drug-likeness (QED) is 0.750. The maximum Gasteiger partial charge on any atom is 0.210 e. The number of fused-ring (bicyclic) bond motifs is 1. The fraction of sp³-hybridized carbons (Fsp3) is 0.222. The smallest absolute Gasteiger partial charge is 0.210 e. The Morgan fingerprint density at radius 3 is 3.00 bits per heavy atom. The van der Waals surface area contributed by atoms with Gasteiger partial charge in [0.25, 0.3) is 0 Å². The first-order valence-electron chi connectivity index (χ1n) is 3.89. The zero-order chi connectivity index (χ0) is 9.26. The monoisotopic (exact) mass is 197 g/mol. The topological polar surface area (TPSA) is 46.3 Å². The van der Waals surface area contributed by atoms with Crippen molar-refractivity contribution in [3.63, 3.8) is 0 Å². The van der Waals surface area contributed by atoms with E-state index in [1.165, 1.54) is 0 Å². The van der Waals surface area contributed by atoms with Crippen LogP contribution in [0.4, 0.5) is 0 Å². The first-order valence-corrected chi connectivity index (χ1v) is 4.42. The number of benzene rings is 1. The van der Waals surface area contributed by atoms with Gasteiger partial charge in [-0.2, -0.15) is 0 Å². The summed E-state index contributed by atoms with van der Waals surface area (Å²) in [5.74, 6) is 0.733. The molecule has 0 spiro atoms. The van der Waals surface area contributed by atoms with Gasteiger partial charge in [-0.1, -0.05) is 12.1 Å². The van der Waals surface area contributed by atoms with Crippen LogP contribution in [-0.2, 0) is 12.5 Å². The third-order valence-electron chi connectivity index (χ3n) is 1.83. The third-order valence-corrected chi connectivity index (χ3v) is 2.06. The van der Waals surface area contributed by atoms with E-state index in [2.05, 4.69) is 4.98 Å². The Kier molecular flexibility index (Phi) is 2.20. The highest BCUT2D eigenvalue weighted by atomic mass is 35.5. The summed E-state index contributed by atoms with van der Waals surface area (Å²) in [5.41, 5.74) is 2.13. The molecule has 2 aromatic rings. The van der Waals surface area contributed by atoms with E-state index in [0.29, 0.717) is 17.0 Å². The van der Waals surface area contributed by atoms with Crippen molar-refractivity contribution in [1.82, 2.24) is 4.98 Å². The van der Waals surface area contributed by atoms with Crippen molar-refractivity contribution >= 4 is 22.7 Å². The minimum absolute atomic E-state index is 0.0361. The first kappa shape index (κ1) is 8.53. The predicted octanol–water partition coefficient (Wildman–Crippen LogP) is 2.06. The summed E-state index contributed by atoms with van der Waals surface area (Å²) in [6.45, 7) is -0.0361. The number of para-hydroxylation sites is 1. The molecule has 68 valence electrons. The molecule has 2 rings (SSSR count). The summed E-state index contributed by atoms with van der Waals surface area (Å²) in [6.07, 6.45) is 0. The van der Waals surface area contributed by atoms with Crippen molar-refractivity contribution in [3.05, 3.63) is 29.7 Å². The van der Waals surface area contributed by atoms with E-state index in [9.17, 15) is 0 Å². The maximum atomic E-state index is 9.00. The highest BCUT2D eigenvalue weighted by Gasteiger charge is 2.07. The Morgan fingerprint density at radius 1 is 1.46 bits per heavy atom. The van der Waals surface area contributed by atoms with Gasteiger partial charge in [-0.25, -0.2) is 4.98 Å². The van der Waals surface area contributed by atoms with Gasteiger partial charge in [0.15, 0.2) is 5.58 Å². The number of hydrogen-bond donors (Lipinski definition) is 1. The lowest BCUT2D eigenvalue weighted by atomic mass is 10.2. The Morgan fingerprint density at radius 2 is 2.31 bits per heavy atom. The zero-order valence-electron chi connectivity index (χ0n) is 6.83. The number of aromatic nitrogens is 1. The molecule has 1 N–H and O–H groups in total. The first-order chi connectivity index (χ1) is 6.35. The Balaban J connectivity index is 2.67. The molecule has 0 saturated heterocycles. The van der Waals surface area contributed by atoms with Crippen LogP contribution < -0.4 is 0 Å². The summed E-state index contributed by atoms with van der Waals surface area (Å²) in [6, 6.07) is 5.43. The van der Waals surface area contributed by atoms with Crippen LogP contribution in [0.1, 0.15) is 11.5 Å². The van der Waals surface area contributed by atoms with Gasteiger partial charge < -0.3 is 9.52 Å². The standard InChI is InChI=1S/C9H8ClNO2/c10-4-8-11-9-6(5-12)2-1-3-7(9)13-8/h1-3,12H,4-5H2. The second-order valence-corrected chi connectivity index (χ2v) is 2.93. The van der Waals surface area contributed by atoms with Crippen molar-refractivity contribution in [3.8, 4) is 0 Å². The molecular formula is C9H8ClNO2. The summed E-state index contributed by atoms with van der Waals surface area (Å²) in [4.78, 5) is 4.14. The van der Waals surface area contributed by atoms with Crippen LogP contribution in [0.5, 0.6) is 0 Å². The Labute approximate surface area is 80.0 Å².